The smallest absolute Gasteiger partial charge is 0.227 e. The van der Waals surface area contributed by atoms with Crippen LogP contribution in [0.3, 0.4) is 0 Å². The number of likely N-dealkylation sites (tertiary alicyclic amines) is 1. The minimum Gasteiger partial charge on any atom is -0.334 e. The molecule has 5 heteroatoms. The summed E-state index contributed by atoms with van der Waals surface area (Å²) < 4.78 is 0. The van der Waals surface area contributed by atoms with Gasteiger partial charge < -0.3 is 4.90 Å². The van der Waals surface area contributed by atoms with E-state index < -0.39 is 0 Å². The molecule has 1 aliphatic rings. The zero-order valence-corrected chi connectivity index (χ0v) is 17.9. The van der Waals surface area contributed by atoms with Crippen molar-refractivity contribution >= 4 is 5.91 Å². The zero-order chi connectivity index (χ0) is 21.1. The maximum absolute atomic E-state index is 13.3. The third-order valence-corrected chi connectivity index (χ3v) is 5.86. The van der Waals surface area contributed by atoms with Gasteiger partial charge in [0.15, 0.2) is 0 Å². The maximum atomic E-state index is 13.3. The molecule has 3 heterocycles. The van der Waals surface area contributed by atoms with Crippen molar-refractivity contribution in [3.8, 4) is 11.1 Å². The number of aryl methyl sites for hydroxylation is 3. The first-order valence-electron chi connectivity index (χ1n) is 10.6. The summed E-state index contributed by atoms with van der Waals surface area (Å²) in [5.74, 6) is 0.897. The molecule has 0 unspecified atom stereocenters. The van der Waals surface area contributed by atoms with Crippen LogP contribution in [0.4, 0.5) is 0 Å². The number of aromatic nitrogens is 3. The first-order chi connectivity index (χ1) is 14.5. The van der Waals surface area contributed by atoms with Crippen LogP contribution in [0.2, 0.25) is 0 Å². The van der Waals surface area contributed by atoms with E-state index in [4.69, 9.17) is 4.98 Å². The van der Waals surface area contributed by atoms with E-state index >= 15 is 0 Å². The molecule has 4 rings (SSSR count). The Morgan fingerprint density at radius 3 is 2.60 bits per heavy atom. The molecule has 3 aromatic rings. The van der Waals surface area contributed by atoms with Crippen LogP contribution in [-0.2, 0) is 11.2 Å². The Morgan fingerprint density at radius 1 is 1.03 bits per heavy atom. The highest BCUT2D eigenvalue weighted by Gasteiger charge is 2.31. The van der Waals surface area contributed by atoms with Crippen LogP contribution in [0.5, 0.6) is 0 Å². The van der Waals surface area contributed by atoms with E-state index in [-0.39, 0.29) is 11.9 Å². The molecule has 0 bridgehead atoms. The van der Waals surface area contributed by atoms with Gasteiger partial charge >= 0.3 is 0 Å². The predicted octanol–water partition coefficient (Wildman–Crippen LogP) is 4.76. The molecule has 0 radical (unpaired) electrons. The first kappa shape index (κ1) is 20.2. The van der Waals surface area contributed by atoms with Crippen LogP contribution < -0.4 is 0 Å². The molecule has 154 valence electrons. The Balaban J connectivity index is 1.69. The standard InChI is InChI=1S/C25H28N4O/c1-17-7-9-20(10-8-17)14-24(30)29-13-5-4-6-23(29)25-22(16-27-19(3)28-25)21-11-12-26-15-18(21)2/h7-12,15-16,23H,4-6,13-14H2,1-3H3/t23-/m0/s1. The van der Waals surface area contributed by atoms with Gasteiger partial charge in [-0.1, -0.05) is 29.8 Å². The quantitative estimate of drug-likeness (QED) is 0.633. The van der Waals surface area contributed by atoms with Crippen molar-refractivity contribution < 1.29 is 4.79 Å². The van der Waals surface area contributed by atoms with Gasteiger partial charge in [0.25, 0.3) is 0 Å². The highest BCUT2D eigenvalue weighted by Crippen LogP contribution is 2.36. The van der Waals surface area contributed by atoms with Crippen molar-refractivity contribution in [2.45, 2.75) is 52.5 Å². The third-order valence-electron chi connectivity index (χ3n) is 5.86. The van der Waals surface area contributed by atoms with Gasteiger partial charge in [-0.25, -0.2) is 9.97 Å². The average Bonchev–Trinajstić information content (AvgIpc) is 2.76. The van der Waals surface area contributed by atoms with E-state index in [0.717, 1.165) is 59.6 Å². The molecule has 0 N–H and O–H groups in total. The summed E-state index contributed by atoms with van der Waals surface area (Å²) >= 11 is 0. The molecule has 0 saturated carbocycles. The highest BCUT2D eigenvalue weighted by molar-refractivity contribution is 5.80. The van der Waals surface area contributed by atoms with Crippen LogP contribution in [0, 0.1) is 20.8 Å². The minimum atomic E-state index is -0.0269. The minimum absolute atomic E-state index is 0.0269. The molecule has 1 amide bonds. The number of pyridine rings is 1. The average molecular weight is 401 g/mol. The van der Waals surface area contributed by atoms with Crippen LogP contribution >= 0.6 is 0 Å². The lowest BCUT2D eigenvalue weighted by Crippen LogP contribution is -2.40. The monoisotopic (exact) mass is 400 g/mol. The van der Waals surface area contributed by atoms with Crippen LogP contribution in [0.15, 0.2) is 48.9 Å². The van der Waals surface area contributed by atoms with Gasteiger partial charge in [-0.15, -0.1) is 0 Å². The summed E-state index contributed by atoms with van der Waals surface area (Å²) in [5, 5.41) is 0. The fraction of sp³-hybridized carbons (Fsp3) is 0.360. The number of amides is 1. The molecule has 1 atom stereocenters. The highest BCUT2D eigenvalue weighted by atomic mass is 16.2. The zero-order valence-electron chi connectivity index (χ0n) is 17.9. The Kier molecular flexibility index (Phi) is 5.88. The summed E-state index contributed by atoms with van der Waals surface area (Å²) in [7, 11) is 0. The van der Waals surface area contributed by atoms with E-state index in [1.807, 2.05) is 49.3 Å². The fourth-order valence-electron chi connectivity index (χ4n) is 4.22. The fourth-order valence-corrected chi connectivity index (χ4v) is 4.22. The lowest BCUT2D eigenvalue weighted by molar-refractivity contribution is -0.134. The number of nitrogens with zero attached hydrogens (tertiary/aromatic N) is 4. The van der Waals surface area contributed by atoms with E-state index in [1.165, 1.54) is 5.56 Å². The largest absolute Gasteiger partial charge is 0.334 e. The van der Waals surface area contributed by atoms with Gasteiger partial charge in [-0.2, -0.15) is 0 Å². The van der Waals surface area contributed by atoms with Crippen molar-refractivity contribution in [1.29, 1.82) is 0 Å². The van der Waals surface area contributed by atoms with E-state index in [0.29, 0.717) is 6.42 Å². The van der Waals surface area contributed by atoms with E-state index in [1.54, 1.807) is 6.20 Å². The molecule has 5 nitrogen and oxygen atoms in total. The Bertz CT molecular complexity index is 1050. The SMILES string of the molecule is Cc1ccc(CC(=O)N2CCCC[C@H]2c2nc(C)ncc2-c2ccncc2C)cc1. The summed E-state index contributed by atoms with van der Waals surface area (Å²) in [6.07, 6.45) is 9.03. The summed E-state index contributed by atoms with van der Waals surface area (Å²) in [6, 6.07) is 10.2. The van der Waals surface area contributed by atoms with Crippen LogP contribution in [0.25, 0.3) is 11.1 Å². The normalized spacial score (nSPS) is 16.5. The van der Waals surface area contributed by atoms with Gasteiger partial charge in [-0.05, 0) is 62.8 Å². The number of hydrogen-bond donors (Lipinski definition) is 0. The van der Waals surface area contributed by atoms with Crippen molar-refractivity contribution in [3.63, 3.8) is 0 Å². The van der Waals surface area contributed by atoms with Crippen molar-refractivity contribution in [2.24, 2.45) is 0 Å². The van der Waals surface area contributed by atoms with Crippen LogP contribution in [-0.4, -0.2) is 32.3 Å². The number of carbonyl (C=O) groups is 1. The Hall–Kier alpha value is -3.08. The van der Waals surface area contributed by atoms with Crippen molar-refractivity contribution in [2.75, 3.05) is 6.54 Å². The second-order valence-corrected chi connectivity index (χ2v) is 8.17. The van der Waals surface area contributed by atoms with E-state index in [2.05, 4.69) is 29.0 Å². The number of carbonyl (C=O) groups excluding carboxylic acids is 1. The van der Waals surface area contributed by atoms with Gasteiger partial charge in [0.2, 0.25) is 5.91 Å². The number of rotatable bonds is 4. The summed E-state index contributed by atoms with van der Waals surface area (Å²) in [4.78, 5) is 28.9. The molecule has 0 aliphatic carbocycles. The molecule has 1 saturated heterocycles. The molecule has 1 fully saturated rings. The molecule has 1 aliphatic heterocycles. The summed E-state index contributed by atoms with van der Waals surface area (Å²) in [5.41, 5.74) is 6.38. The number of benzene rings is 1. The number of piperidine rings is 1. The molecular weight excluding hydrogens is 372 g/mol. The van der Waals surface area contributed by atoms with Crippen LogP contribution in [0.1, 0.15) is 53.5 Å². The van der Waals surface area contributed by atoms with Gasteiger partial charge in [0, 0.05) is 30.7 Å². The lowest BCUT2D eigenvalue weighted by Gasteiger charge is -2.36. The topological polar surface area (TPSA) is 59.0 Å². The first-order valence-corrected chi connectivity index (χ1v) is 10.6. The second-order valence-electron chi connectivity index (χ2n) is 8.17. The van der Waals surface area contributed by atoms with Gasteiger partial charge in [0.05, 0.1) is 18.2 Å². The van der Waals surface area contributed by atoms with E-state index in [9.17, 15) is 4.79 Å². The van der Waals surface area contributed by atoms with Gasteiger partial charge in [0.1, 0.15) is 5.82 Å². The molecule has 2 aromatic heterocycles. The van der Waals surface area contributed by atoms with Crippen molar-refractivity contribution in [1.82, 2.24) is 19.9 Å². The maximum Gasteiger partial charge on any atom is 0.227 e. The predicted molar refractivity (Wildman–Crippen MR) is 118 cm³/mol. The summed E-state index contributed by atoms with van der Waals surface area (Å²) in [6.45, 7) is 6.79. The second kappa shape index (κ2) is 8.74. The number of hydrogen-bond acceptors (Lipinski definition) is 4. The molecule has 30 heavy (non-hydrogen) atoms. The lowest BCUT2D eigenvalue weighted by atomic mass is 9.92. The Labute approximate surface area is 178 Å². The molecule has 0 spiro atoms. The van der Waals surface area contributed by atoms with Gasteiger partial charge in [-0.3, -0.25) is 9.78 Å². The molecule has 1 aromatic carbocycles. The van der Waals surface area contributed by atoms with Crippen molar-refractivity contribution in [3.05, 3.63) is 77.1 Å². The molecular formula is C25H28N4O. The Morgan fingerprint density at radius 2 is 1.83 bits per heavy atom. The third kappa shape index (κ3) is 4.25.